The molecule has 4 rings (SSSR count). The normalized spacial score (nSPS) is 23.5. The van der Waals surface area contributed by atoms with Gasteiger partial charge in [0.15, 0.2) is 0 Å². The van der Waals surface area contributed by atoms with Crippen molar-refractivity contribution in [1.29, 1.82) is 0 Å². The molecule has 190 valence electrons. The molecule has 0 fully saturated rings. The Morgan fingerprint density at radius 1 is 1.26 bits per heavy atom. The van der Waals surface area contributed by atoms with Gasteiger partial charge in [-0.05, 0) is 62.9 Å². The van der Waals surface area contributed by atoms with Crippen LogP contribution in [0.3, 0.4) is 0 Å². The molecule has 0 saturated heterocycles. The predicted octanol–water partition coefficient (Wildman–Crippen LogP) is 3.33. The van der Waals surface area contributed by atoms with Gasteiger partial charge in [0.1, 0.15) is 23.1 Å². The highest BCUT2D eigenvalue weighted by Gasteiger charge is 2.38. The Hall–Kier alpha value is -2.33. The lowest BCUT2D eigenvalue weighted by Gasteiger charge is -2.37. The summed E-state index contributed by atoms with van der Waals surface area (Å²) in [4.78, 5) is 10.5. The van der Waals surface area contributed by atoms with Gasteiger partial charge in [0, 0.05) is 49.6 Å². The second-order valence-electron chi connectivity index (χ2n) is 9.82. The standard InChI is InChI=1S/C26H36N4O4S/c1-19-14-30(20(2)17-31)35(32,33)26-10-9-23(22-7-5-4-6-8-22)11-24(26)34-25(19)16-29(3)15-21-12-27-18-28-13-21/h7,9-13,18-20,25,31H,4-6,8,14-17H2,1-3H3/t19-,20+,25-/m1/s1. The molecule has 1 aliphatic carbocycles. The number of fused-ring (bicyclic) bond motifs is 1. The van der Waals surface area contributed by atoms with Crippen LogP contribution in [0.5, 0.6) is 5.75 Å². The van der Waals surface area contributed by atoms with E-state index in [0.717, 1.165) is 30.4 Å². The molecule has 0 saturated carbocycles. The van der Waals surface area contributed by atoms with Crippen LogP contribution in [0.2, 0.25) is 0 Å². The molecule has 0 bridgehead atoms. The zero-order valence-electron chi connectivity index (χ0n) is 20.8. The van der Waals surface area contributed by atoms with Crippen molar-refractivity contribution in [1.82, 2.24) is 19.2 Å². The Bertz CT molecular complexity index is 1140. The molecule has 3 atom stereocenters. The molecular weight excluding hydrogens is 464 g/mol. The number of aromatic nitrogens is 2. The minimum Gasteiger partial charge on any atom is -0.487 e. The van der Waals surface area contributed by atoms with E-state index in [9.17, 15) is 13.5 Å². The molecular formula is C26H36N4O4S. The minimum absolute atomic E-state index is 0.0982. The molecule has 0 unspecified atom stereocenters. The van der Waals surface area contributed by atoms with E-state index in [1.165, 1.54) is 22.6 Å². The summed E-state index contributed by atoms with van der Waals surface area (Å²) in [7, 11) is -1.83. The third-order valence-electron chi connectivity index (χ3n) is 6.89. The summed E-state index contributed by atoms with van der Waals surface area (Å²) in [6.45, 7) is 5.03. The second kappa shape index (κ2) is 11.2. The van der Waals surface area contributed by atoms with Crippen LogP contribution >= 0.6 is 0 Å². The Morgan fingerprint density at radius 3 is 2.71 bits per heavy atom. The number of sulfonamides is 1. The van der Waals surface area contributed by atoms with Crippen LogP contribution in [-0.2, 0) is 16.6 Å². The number of benzene rings is 1. The van der Waals surface area contributed by atoms with Crippen molar-refractivity contribution in [3.63, 3.8) is 0 Å². The summed E-state index contributed by atoms with van der Waals surface area (Å²) in [6.07, 6.45) is 11.5. The van der Waals surface area contributed by atoms with Gasteiger partial charge in [-0.25, -0.2) is 18.4 Å². The van der Waals surface area contributed by atoms with Gasteiger partial charge in [0.2, 0.25) is 10.0 Å². The summed E-state index contributed by atoms with van der Waals surface area (Å²) >= 11 is 0. The van der Waals surface area contributed by atoms with E-state index < -0.39 is 16.1 Å². The van der Waals surface area contributed by atoms with Crippen LogP contribution in [-0.4, -0.2) is 71.6 Å². The first kappa shape index (κ1) is 25.8. The zero-order valence-corrected chi connectivity index (χ0v) is 21.6. The van der Waals surface area contributed by atoms with Gasteiger partial charge in [-0.2, -0.15) is 4.31 Å². The Labute approximate surface area is 208 Å². The van der Waals surface area contributed by atoms with Crippen molar-refractivity contribution >= 4 is 15.6 Å². The molecule has 8 nitrogen and oxygen atoms in total. The van der Waals surface area contributed by atoms with Gasteiger partial charge >= 0.3 is 0 Å². The van der Waals surface area contributed by atoms with Crippen molar-refractivity contribution in [3.05, 3.63) is 54.1 Å². The van der Waals surface area contributed by atoms with E-state index in [0.29, 0.717) is 18.8 Å². The molecule has 2 aliphatic rings. The number of allylic oxidation sites excluding steroid dienone is 2. The predicted molar refractivity (Wildman–Crippen MR) is 135 cm³/mol. The van der Waals surface area contributed by atoms with E-state index in [1.54, 1.807) is 25.4 Å². The van der Waals surface area contributed by atoms with Crippen LogP contribution in [0.15, 0.2) is 47.9 Å². The van der Waals surface area contributed by atoms with Crippen molar-refractivity contribution in [2.24, 2.45) is 5.92 Å². The first-order valence-electron chi connectivity index (χ1n) is 12.3. The minimum atomic E-state index is -3.84. The van der Waals surface area contributed by atoms with Crippen molar-refractivity contribution in [2.75, 3.05) is 26.7 Å². The number of aliphatic hydroxyl groups excluding tert-OH is 1. The highest BCUT2D eigenvalue weighted by Crippen LogP contribution is 2.37. The summed E-state index contributed by atoms with van der Waals surface area (Å²) in [5.74, 6) is 0.288. The molecule has 0 spiro atoms. The van der Waals surface area contributed by atoms with E-state index in [4.69, 9.17) is 4.74 Å². The highest BCUT2D eigenvalue weighted by molar-refractivity contribution is 7.89. The first-order valence-corrected chi connectivity index (χ1v) is 13.8. The average molecular weight is 501 g/mol. The number of rotatable bonds is 7. The SMILES string of the molecule is C[C@@H]1CN([C@@H](C)CO)S(=O)(=O)c2ccc(C3=CCCCC3)cc2O[C@@H]1CN(C)Cc1cncnc1. The quantitative estimate of drug-likeness (QED) is 0.623. The maximum Gasteiger partial charge on any atom is 0.247 e. The Kier molecular flexibility index (Phi) is 8.21. The van der Waals surface area contributed by atoms with Crippen molar-refractivity contribution in [3.8, 4) is 5.75 Å². The maximum absolute atomic E-state index is 13.7. The zero-order chi connectivity index (χ0) is 25.0. The fraction of sp³-hybridized carbons (Fsp3) is 0.538. The number of nitrogens with zero attached hydrogens (tertiary/aromatic N) is 4. The van der Waals surface area contributed by atoms with E-state index >= 15 is 0 Å². The lowest BCUT2D eigenvalue weighted by Crippen LogP contribution is -2.49. The number of ether oxygens (including phenoxy) is 1. The summed E-state index contributed by atoms with van der Waals surface area (Å²) in [5.41, 5.74) is 3.26. The van der Waals surface area contributed by atoms with Crippen LogP contribution in [0.25, 0.3) is 5.57 Å². The lowest BCUT2D eigenvalue weighted by molar-refractivity contribution is 0.0733. The summed E-state index contributed by atoms with van der Waals surface area (Å²) < 4.78 is 35.3. The molecule has 1 aromatic heterocycles. The monoisotopic (exact) mass is 500 g/mol. The van der Waals surface area contributed by atoms with Gasteiger partial charge < -0.3 is 9.84 Å². The average Bonchev–Trinajstić information content (AvgIpc) is 2.86. The molecule has 0 amide bonds. The van der Waals surface area contributed by atoms with Crippen molar-refractivity contribution < 1.29 is 18.3 Å². The van der Waals surface area contributed by atoms with Crippen LogP contribution in [0.1, 0.15) is 50.7 Å². The smallest absolute Gasteiger partial charge is 0.247 e. The molecule has 1 aromatic carbocycles. The third-order valence-corrected chi connectivity index (χ3v) is 8.91. The van der Waals surface area contributed by atoms with Gasteiger partial charge in [-0.15, -0.1) is 0 Å². The first-order chi connectivity index (χ1) is 16.8. The van der Waals surface area contributed by atoms with Gasteiger partial charge in [0.25, 0.3) is 0 Å². The molecule has 2 aromatic rings. The molecule has 1 aliphatic heterocycles. The fourth-order valence-electron chi connectivity index (χ4n) is 4.84. The van der Waals surface area contributed by atoms with E-state index in [-0.39, 0.29) is 30.1 Å². The Morgan fingerprint density at radius 2 is 2.03 bits per heavy atom. The number of likely N-dealkylation sites (N-methyl/N-ethyl adjacent to an activating group) is 1. The van der Waals surface area contributed by atoms with E-state index in [2.05, 4.69) is 20.9 Å². The van der Waals surface area contributed by atoms with Crippen LogP contribution in [0, 0.1) is 5.92 Å². The molecule has 35 heavy (non-hydrogen) atoms. The molecule has 9 heteroatoms. The summed E-state index contributed by atoms with van der Waals surface area (Å²) in [6, 6.07) is 4.92. The summed E-state index contributed by atoms with van der Waals surface area (Å²) in [5, 5.41) is 9.84. The number of aliphatic hydroxyl groups is 1. The molecule has 2 heterocycles. The third kappa shape index (κ3) is 5.91. The fourth-order valence-corrected chi connectivity index (χ4v) is 6.66. The van der Waals surface area contributed by atoms with Crippen LogP contribution < -0.4 is 4.74 Å². The molecule has 1 N–H and O–H groups in total. The highest BCUT2D eigenvalue weighted by atomic mass is 32.2. The maximum atomic E-state index is 13.7. The Balaban J connectivity index is 1.69. The van der Waals surface area contributed by atoms with E-state index in [1.807, 2.05) is 26.1 Å². The van der Waals surface area contributed by atoms with Gasteiger partial charge in [0.05, 0.1) is 6.61 Å². The lowest BCUT2D eigenvalue weighted by atomic mass is 9.93. The topological polar surface area (TPSA) is 95.9 Å². The molecule has 0 radical (unpaired) electrons. The largest absolute Gasteiger partial charge is 0.487 e. The van der Waals surface area contributed by atoms with Crippen molar-refractivity contribution in [2.45, 2.75) is 63.1 Å². The second-order valence-corrected chi connectivity index (χ2v) is 11.7. The number of hydrogen-bond acceptors (Lipinski definition) is 7. The van der Waals surface area contributed by atoms with Crippen LogP contribution in [0.4, 0.5) is 0 Å². The number of hydrogen-bond donors (Lipinski definition) is 1. The van der Waals surface area contributed by atoms with Gasteiger partial charge in [-0.3, -0.25) is 4.90 Å². The van der Waals surface area contributed by atoms with Gasteiger partial charge in [-0.1, -0.05) is 19.1 Å².